The number of pyridine rings is 1. The average Bonchev–Trinajstić information content (AvgIpc) is 3.19. The Morgan fingerprint density at radius 1 is 1.16 bits per heavy atom. The molecule has 160 valence electrons. The lowest BCUT2D eigenvalue weighted by molar-refractivity contribution is 0.461. The van der Waals surface area contributed by atoms with E-state index in [0.29, 0.717) is 34.3 Å². The molecule has 0 radical (unpaired) electrons. The summed E-state index contributed by atoms with van der Waals surface area (Å²) >= 11 is 0. The third kappa shape index (κ3) is 4.67. The fourth-order valence-corrected chi connectivity index (χ4v) is 3.19. The largest absolute Gasteiger partial charge is 0.438 e. The average molecular weight is 427 g/mol. The molecule has 0 aliphatic carbocycles. The number of fused-ring (bicyclic) bond motifs is 1. The van der Waals surface area contributed by atoms with Gasteiger partial charge in [0.25, 0.3) is 0 Å². The molecule has 0 aliphatic heterocycles. The van der Waals surface area contributed by atoms with Crippen LogP contribution in [0.25, 0.3) is 16.6 Å². The van der Waals surface area contributed by atoms with Crippen molar-refractivity contribution >= 4 is 28.2 Å². The van der Waals surface area contributed by atoms with E-state index in [-0.39, 0.29) is 5.82 Å². The Bertz CT molecular complexity index is 1320. The number of benzene rings is 2. The van der Waals surface area contributed by atoms with Gasteiger partial charge in [-0.05, 0) is 67.1 Å². The molecule has 0 bridgehead atoms. The zero-order chi connectivity index (χ0) is 22.5. The van der Waals surface area contributed by atoms with Gasteiger partial charge in [0.2, 0.25) is 11.8 Å². The first-order valence-electron chi connectivity index (χ1n) is 9.94. The molecule has 0 amide bonds. The van der Waals surface area contributed by atoms with Crippen molar-refractivity contribution in [3.8, 4) is 11.6 Å². The fourth-order valence-electron chi connectivity index (χ4n) is 3.19. The van der Waals surface area contributed by atoms with Crippen LogP contribution in [0.4, 0.5) is 16.0 Å². The summed E-state index contributed by atoms with van der Waals surface area (Å²) in [6.45, 7) is 5.58. The smallest absolute Gasteiger partial charge is 0.227 e. The minimum Gasteiger partial charge on any atom is -0.438 e. The quantitative estimate of drug-likeness (QED) is 0.312. The van der Waals surface area contributed by atoms with E-state index in [0.717, 1.165) is 16.8 Å². The number of anilines is 2. The van der Waals surface area contributed by atoms with Gasteiger partial charge in [0.05, 0.1) is 5.52 Å². The predicted molar refractivity (Wildman–Crippen MR) is 126 cm³/mol. The van der Waals surface area contributed by atoms with Gasteiger partial charge in [0.1, 0.15) is 11.3 Å². The topological polar surface area (TPSA) is 88.8 Å². The second kappa shape index (κ2) is 9.18. The Hall–Kier alpha value is -4.39. The number of hydrogen-bond donors (Lipinski definition) is 3. The molecule has 0 spiro atoms. The van der Waals surface area contributed by atoms with E-state index in [9.17, 15) is 4.39 Å². The molecule has 6 nitrogen and oxygen atoms in total. The first-order chi connectivity index (χ1) is 15.5. The third-order valence-electron chi connectivity index (χ3n) is 4.56. The molecular formula is C25H22FN5O. The van der Waals surface area contributed by atoms with E-state index < -0.39 is 0 Å². The van der Waals surface area contributed by atoms with Gasteiger partial charge in [-0.1, -0.05) is 24.8 Å². The summed E-state index contributed by atoms with van der Waals surface area (Å²) < 4.78 is 19.9. The normalized spacial score (nSPS) is 12.1. The van der Waals surface area contributed by atoms with Crippen LogP contribution in [-0.4, -0.2) is 15.0 Å². The van der Waals surface area contributed by atoms with Crippen molar-refractivity contribution in [1.29, 1.82) is 0 Å². The van der Waals surface area contributed by atoms with Gasteiger partial charge >= 0.3 is 0 Å². The zero-order valence-electron chi connectivity index (χ0n) is 17.5. The second-order valence-electron chi connectivity index (χ2n) is 7.08. The van der Waals surface area contributed by atoms with Gasteiger partial charge < -0.3 is 20.8 Å². The first kappa shape index (κ1) is 20.9. The number of nitrogens with zero attached hydrogens (tertiary/aromatic N) is 2. The predicted octanol–water partition coefficient (Wildman–Crippen LogP) is 6.06. The summed E-state index contributed by atoms with van der Waals surface area (Å²) in [5.41, 5.74) is 9.86. The number of aromatic nitrogens is 3. The molecule has 2 aromatic carbocycles. The van der Waals surface area contributed by atoms with E-state index in [2.05, 4.69) is 26.8 Å². The minimum atomic E-state index is -0.369. The number of hydrogen-bond acceptors (Lipinski definition) is 5. The van der Waals surface area contributed by atoms with E-state index in [1.54, 1.807) is 24.4 Å². The lowest BCUT2D eigenvalue weighted by Crippen LogP contribution is -1.97. The van der Waals surface area contributed by atoms with E-state index in [1.807, 2.05) is 55.5 Å². The summed E-state index contributed by atoms with van der Waals surface area (Å²) in [4.78, 5) is 11.7. The summed E-state index contributed by atoms with van der Waals surface area (Å²) in [6.07, 6.45) is 7.05. The highest BCUT2D eigenvalue weighted by Gasteiger charge is 2.10. The Balaban J connectivity index is 1.54. The van der Waals surface area contributed by atoms with E-state index >= 15 is 0 Å². The van der Waals surface area contributed by atoms with Crippen molar-refractivity contribution in [1.82, 2.24) is 15.0 Å². The van der Waals surface area contributed by atoms with Crippen molar-refractivity contribution in [3.05, 3.63) is 103 Å². The Labute approximate surface area is 185 Å². The van der Waals surface area contributed by atoms with Crippen LogP contribution in [0.5, 0.6) is 11.6 Å². The van der Waals surface area contributed by atoms with Gasteiger partial charge in [-0.15, -0.1) is 0 Å². The van der Waals surface area contributed by atoms with Crippen molar-refractivity contribution in [2.24, 2.45) is 5.73 Å². The third-order valence-corrected chi connectivity index (χ3v) is 4.56. The molecular weight excluding hydrogens is 405 g/mol. The summed E-state index contributed by atoms with van der Waals surface area (Å²) in [6, 6.07) is 15.8. The zero-order valence-corrected chi connectivity index (χ0v) is 17.5. The van der Waals surface area contributed by atoms with Crippen LogP contribution >= 0.6 is 0 Å². The number of H-pyrrole nitrogens is 1. The number of allylic oxidation sites excluding steroid dienone is 5. The molecule has 2 heterocycles. The van der Waals surface area contributed by atoms with Gasteiger partial charge in [0.15, 0.2) is 5.82 Å². The molecule has 0 saturated heterocycles. The van der Waals surface area contributed by atoms with Gasteiger partial charge in [0, 0.05) is 23.1 Å². The number of ether oxygens (including phenoxy) is 1. The van der Waals surface area contributed by atoms with Crippen LogP contribution in [0.3, 0.4) is 0 Å². The van der Waals surface area contributed by atoms with E-state index in [4.69, 9.17) is 10.5 Å². The molecule has 0 atom stereocenters. The highest BCUT2D eigenvalue weighted by atomic mass is 19.1. The molecule has 2 aromatic heterocycles. The highest BCUT2D eigenvalue weighted by molar-refractivity contribution is 5.79. The molecule has 32 heavy (non-hydrogen) atoms. The SMILES string of the molecule is C=C/C=C(\C=C(\C)N)c1cccnc1Oc1ccc(Nc2nc3c(F)cccc3[nH]2)cc1. The van der Waals surface area contributed by atoms with Crippen LogP contribution < -0.4 is 15.8 Å². The molecule has 4 aromatic rings. The standard InChI is InChI=1S/C25H22FN5O/c1-3-6-17(15-16(2)27)20-7-5-14-28-24(20)32-19-12-10-18(11-13-19)29-25-30-22-9-4-8-21(26)23(22)31-25/h3-15H,1,27H2,2H3,(H2,29,30,31)/b16-15-,17-6+. The number of halogens is 1. The number of nitrogens with two attached hydrogens (primary N) is 1. The number of nitrogens with one attached hydrogen (secondary N) is 2. The van der Waals surface area contributed by atoms with Gasteiger partial charge in [-0.2, -0.15) is 0 Å². The maximum atomic E-state index is 13.9. The molecule has 0 unspecified atom stereocenters. The summed E-state index contributed by atoms with van der Waals surface area (Å²) in [5.74, 6) is 1.14. The minimum absolute atomic E-state index is 0.294. The highest BCUT2D eigenvalue weighted by Crippen LogP contribution is 2.30. The van der Waals surface area contributed by atoms with Crippen molar-refractivity contribution in [3.63, 3.8) is 0 Å². The Kier molecular flexibility index (Phi) is 5.98. The van der Waals surface area contributed by atoms with Gasteiger partial charge in [-0.3, -0.25) is 0 Å². The van der Waals surface area contributed by atoms with Gasteiger partial charge in [-0.25, -0.2) is 14.4 Å². The number of para-hydroxylation sites is 1. The monoisotopic (exact) mass is 427 g/mol. The van der Waals surface area contributed by atoms with Crippen molar-refractivity contribution < 1.29 is 9.13 Å². The molecule has 7 heteroatoms. The Morgan fingerprint density at radius 2 is 1.97 bits per heavy atom. The van der Waals surface area contributed by atoms with Crippen LogP contribution in [0.2, 0.25) is 0 Å². The molecule has 0 saturated carbocycles. The maximum absolute atomic E-state index is 13.9. The molecule has 4 rings (SSSR count). The molecule has 4 N–H and O–H groups in total. The van der Waals surface area contributed by atoms with Crippen LogP contribution in [0, 0.1) is 5.82 Å². The number of rotatable bonds is 7. The first-order valence-corrected chi connectivity index (χ1v) is 9.94. The van der Waals surface area contributed by atoms with Crippen molar-refractivity contribution in [2.45, 2.75) is 6.92 Å². The lowest BCUT2D eigenvalue weighted by atomic mass is 10.1. The lowest BCUT2D eigenvalue weighted by Gasteiger charge is -2.11. The van der Waals surface area contributed by atoms with Crippen molar-refractivity contribution in [2.75, 3.05) is 5.32 Å². The Morgan fingerprint density at radius 3 is 2.69 bits per heavy atom. The summed E-state index contributed by atoms with van der Waals surface area (Å²) in [7, 11) is 0. The number of imidazole rings is 1. The summed E-state index contributed by atoms with van der Waals surface area (Å²) in [5, 5.41) is 3.13. The van der Waals surface area contributed by atoms with Crippen LogP contribution in [0.15, 0.2) is 91.3 Å². The van der Waals surface area contributed by atoms with E-state index in [1.165, 1.54) is 6.07 Å². The van der Waals surface area contributed by atoms with Crippen LogP contribution in [-0.2, 0) is 0 Å². The molecule has 0 aliphatic rings. The molecule has 0 fully saturated rings. The second-order valence-corrected chi connectivity index (χ2v) is 7.08. The number of aromatic amines is 1. The fraction of sp³-hybridized carbons (Fsp3) is 0.0400. The maximum Gasteiger partial charge on any atom is 0.227 e. The van der Waals surface area contributed by atoms with Crippen LogP contribution in [0.1, 0.15) is 12.5 Å².